The van der Waals surface area contributed by atoms with Gasteiger partial charge in [-0.05, 0) is 11.6 Å². The second-order valence-electron chi connectivity index (χ2n) is 4.30. The second kappa shape index (κ2) is 3.38. The van der Waals surface area contributed by atoms with Gasteiger partial charge in [-0.25, -0.2) is 8.78 Å². The first-order valence-corrected chi connectivity index (χ1v) is 4.83. The van der Waals surface area contributed by atoms with Crippen LogP contribution in [0.3, 0.4) is 0 Å². The van der Waals surface area contributed by atoms with E-state index in [1.807, 2.05) is 0 Å². The van der Waals surface area contributed by atoms with Gasteiger partial charge in [-0.1, -0.05) is 6.07 Å². The fourth-order valence-electron chi connectivity index (χ4n) is 1.93. The van der Waals surface area contributed by atoms with E-state index in [0.29, 0.717) is 0 Å². The third-order valence-electron chi connectivity index (χ3n) is 2.78. The first-order valence-electron chi connectivity index (χ1n) is 4.83. The summed E-state index contributed by atoms with van der Waals surface area (Å²) in [5.41, 5.74) is 3.54. The van der Waals surface area contributed by atoms with Crippen molar-refractivity contribution < 1.29 is 22.0 Å². The van der Waals surface area contributed by atoms with Gasteiger partial charge in [0, 0.05) is 19.0 Å². The van der Waals surface area contributed by atoms with Crippen LogP contribution in [0.1, 0.15) is 24.1 Å². The molecule has 17 heavy (non-hydrogen) atoms. The Morgan fingerprint density at radius 1 is 1.18 bits per heavy atom. The molecule has 0 unspecified atom stereocenters. The SMILES string of the molecule is NC1(c2ccc(C(F)(F)F)nc2)CC(F)(F)C1. The normalized spacial score (nSPS) is 22.0. The zero-order valence-electron chi connectivity index (χ0n) is 8.56. The van der Waals surface area contributed by atoms with Crippen molar-refractivity contribution in [2.45, 2.75) is 30.5 Å². The maximum Gasteiger partial charge on any atom is 0.433 e. The first kappa shape index (κ1) is 12.2. The summed E-state index contributed by atoms with van der Waals surface area (Å²) in [7, 11) is 0. The third kappa shape index (κ3) is 2.24. The average Bonchev–Trinajstić information content (AvgIpc) is 2.13. The lowest BCUT2D eigenvalue weighted by Gasteiger charge is -2.44. The van der Waals surface area contributed by atoms with E-state index in [4.69, 9.17) is 5.73 Å². The number of alkyl halides is 5. The van der Waals surface area contributed by atoms with Crippen LogP contribution in [0.2, 0.25) is 0 Å². The van der Waals surface area contributed by atoms with Gasteiger partial charge in [0.1, 0.15) is 5.69 Å². The van der Waals surface area contributed by atoms with Gasteiger partial charge < -0.3 is 5.73 Å². The Hall–Kier alpha value is -1.24. The van der Waals surface area contributed by atoms with Crippen molar-refractivity contribution in [3.05, 3.63) is 29.6 Å². The van der Waals surface area contributed by atoms with Gasteiger partial charge in [-0.15, -0.1) is 0 Å². The maximum atomic E-state index is 12.7. The second-order valence-corrected chi connectivity index (χ2v) is 4.30. The molecule has 1 fully saturated rings. The monoisotopic (exact) mass is 252 g/mol. The molecule has 1 aromatic rings. The van der Waals surface area contributed by atoms with Crippen molar-refractivity contribution in [1.82, 2.24) is 4.98 Å². The summed E-state index contributed by atoms with van der Waals surface area (Å²) in [4.78, 5) is 3.20. The summed E-state index contributed by atoms with van der Waals surface area (Å²) in [6.07, 6.45) is -4.75. The lowest BCUT2D eigenvalue weighted by Crippen LogP contribution is -2.55. The number of halogens is 5. The third-order valence-corrected chi connectivity index (χ3v) is 2.78. The molecule has 2 N–H and O–H groups in total. The molecule has 1 aromatic heterocycles. The highest BCUT2D eigenvalue weighted by Gasteiger charge is 2.55. The predicted molar refractivity (Wildman–Crippen MR) is 49.3 cm³/mol. The lowest BCUT2D eigenvalue weighted by molar-refractivity contribution is -0.141. The fraction of sp³-hybridized carbons (Fsp3) is 0.500. The Morgan fingerprint density at radius 3 is 2.12 bits per heavy atom. The van der Waals surface area contributed by atoms with Crippen LogP contribution in [-0.2, 0) is 11.7 Å². The molecule has 1 aliphatic carbocycles. The van der Waals surface area contributed by atoms with Crippen molar-refractivity contribution in [2.24, 2.45) is 5.73 Å². The van der Waals surface area contributed by atoms with Gasteiger partial charge in [0.15, 0.2) is 0 Å². The molecule has 0 amide bonds. The molecule has 0 aliphatic heterocycles. The van der Waals surface area contributed by atoms with E-state index in [1.165, 1.54) is 0 Å². The van der Waals surface area contributed by atoms with Gasteiger partial charge in [0.25, 0.3) is 5.92 Å². The number of rotatable bonds is 1. The van der Waals surface area contributed by atoms with Crippen LogP contribution in [-0.4, -0.2) is 10.9 Å². The minimum Gasteiger partial charge on any atom is -0.321 e. The van der Waals surface area contributed by atoms with Crippen molar-refractivity contribution in [1.29, 1.82) is 0 Å². The van der Waals surface area contributed by atoms with Crippen LogP contribution in [0.5, 0.6) is 0 Å². The standard InChI is InChI=1S/C10H9F5N2/c11-9(12)4-8(16,5-9)6-1-2-7(17-3-6)10(13,14)15/h1-3H,4-5,16H2. The number of nitrogens with two attached hydrogens (primary N) is 1. The van der Waals surface area contributed by atoms with Crippen molar-refractivity contribution >= 4 is 0 Å². The van der Waals surface area contributed by atoms with Gasteiger partial charge in [0.2, 0.25) is 0 Å². The first-order chi connectivity index (χ1) is 7.62. The molecule has 0 aromatic carbocycles. The topological polar surface area (TPSA) is 38.9 Å². The molecule has 1 heterocycles. The zero-order chi connectivity index (χ0) is 12.9. The van der Waals surface area contributed by atoms with Crippen molar-refractivity contribution in [3.8, 4) is 0 Å². The molecule has 2 rings (SSSR count). The van der Waals surface area contributed by atoms with E-state index >= 15 is 0 Å². The van der Waals surface area contributed by atoms with E-state index in [2.05, 4.69) is 4.98 Å². The molecule has 0 radical (unpaired) electrons. The smallest absolute Gasteiger partial charge is 0.321 e. The summed E-state index contributed by atoms with van der Waals surface area (Å²) in [5, 5.41) is 0. The molecule has 0 spiro atoms. The van der Waals surface area contributed by atoms with E-state index < -0.39 is 36.2 Å². The van der Waals surface area contributed by atoms with Crippen LogP contribution in [0, 0.1) is 0 Å². The van der Waals surface area contributed by atoms with Crippen molar-refractivity contribution in [3.63, 3.8) is 0 Å². The molecule has 0 saturated heterocycles. The van der Waals surface area contributed by atoms with Crippen LogP contribution in [0.15, 0.2) is 18.3 Å². The molecule has 0 atom stereocenters. The molecule has 0 bridgehead atoms. The van der Waals surface area contributed by atoms with Gasteiger partial charge in [-0.3, -0.25) is 4.98 Å². The summed E-state index contributed by atoms with van der Waals surface area (Å²) < 4.78 is 62.1. The zero-order valence-corrected chi connectivity index (χ0v) is 8.56. The Morgan fingerprint density at radius 2 is 1.76 bits per heavy atom. The Labute approximate surface area is 93.6 Å². The van der Waals surface area contributed by atoms with E-state index in [1.54, 1.807) is 0 Å². The Balaban J connectivity index is 2.20. The molecule has 7 heteroatoms. The van der Waals surface area contributed by atoms with E-state index in [0.717, 1.165) is 18.3 Å². The number of nitrogens with zero attached hydrogens (tertiary/aromatic N) is 1. The number of aromatic nitrogens is 1. The van der Waals surface area contributed by atoms with Crippen LogP contribution in [0.25, 0.3) is 0 Å². The Bertz CT molecular complexity index is 415. The average molecular weight is 252 g/mol. The lowest BCUT2D eigenvalue weighted by atomic mass is 9.70. The number of hydrogen-bond acceptors (Lipinski definition) is 2. The highest BCUT2D eigenvalue weighted by atomic mass is 19.4. The molecular formula is C10H9F5N2. The highest BCUT2D eigenvalue weighted by molar-refractivity contribution is 5.28. The van der Waals surface area contributed by atoms with E-state index in [-0.39, 0.29) is 5.56 Å². The Kier molecular flexibility index (Phi) is 2.43. The highest BCUT2D eigenvalue weighted by Crippen LogP contribution is 2.49. The molecular weight excluding hydrogens is 243 g/mol. The van der Waals surface area contributed by atoms with Crippen LogP contribution >= 0.6 is 0 Å². The van der Waals surface area contributed by atoms with Gasteiger partial charge in [-0.2, -0.15) is 13.2 Å². The minimum atomic E-state index is -4.54. The number of hydrogen-bond donors (Lipinski definition) is 1. The molecule has 1 aliphatic rings. The quantitative estimate of drug-likeness (QED) is 0.780. The summed E-state index contributed by atoms with van der Waals surface area (Å²) >= 11 is 0. The molecule has 2 nitrogen and oxygen atoms in total. The largest absolute Gasteiger partial charge is 0.433 e. The van der Waals surface area contributed by atoms with E-state index in [9.17, 15) is 22.0 Å². The number of pyridine rings is 1. The van der Waals surface area contributed by atoms with Gasteiger partial charge in [0.05, 0.1) is 5.54 Å². The van der Waals surface area contributed by atoms with Crippen LogP contribution in [0.4, 0.5) is 22.0 Å². The molecule has 94 valence electrons. The van der Waals surface area contributed by atoms with Gasteiger partial charge >= 0.3 is 6.18 Å². The minimum absolute atomic E-state index is 0.205. The van der Waals surface area contributed by atoms with Crippen LogP contribution < -0.4 is 5.73 Å². The maximum absolute atomic E-state index is 12.7. The summed E-state index contributed by atoms with van der Waals surface area (Å²) in [5.74, 6) is -2.84. The molecule has 1 saturated carbocycles. The fourth-order valence-corrected chi connectivity index (χ4v) is 1.93. The summed E-state index contributed by atoms with van der Waals surface area (Å²) in [6.45, 7) is 0. The predicted octanol–water partition coefficient (Wildman–Crippen LogP) is 2.68. The van der Waals surface area contributed by atoms with Crippen molar-refractivity contribution in [2.75, 3.05) is 0 Å². The summed E-state index contributed by atoms with van der Waals surface area (Å²) in [6, 6.07) is 1.85.